The number of carbonyl (C=O) groups is 1. The fourth-order valence-electron chi connectivity index (χ4n) is 2.59. The molecule has 0 atom stereocenters. The van der Waals surface area contributed by atoms with Gasteiger partial charge in [-0.1, -0.05) is 18.2 Å². The summed E-state index contributed by atoms with van der Waals surface area (Å²) in [5.74, 6) is -0.481. The first-order valence-corrected chi connectivity index (χ1v) is 7.74. The van der Waals surface area contributed by atoms with Crippen LogP contribution in [-0.4, -0.2) is 27.8 Å². The molecule has 0 unspecified atom stereocenters. The van der Waals surface area contributed by atoms with Crippen LogP contribution in [-0.2, 0) is 4.74 Å². The van der Waals surface area contributed by atoms with E-state index >= 15 is 0 Å². The molecule has 23 heavy (non-hydrogen) atoms. The number of aromatic nitrogens is 3. The summed E-state index contributed by atoms with van der Waals surface area (Å²) in [7, 11) is 1.31. The van der Waals surface area contributed by atoms with E-state index in [2.05, 4.69) is 10.1 Å². The zero-order valence-electron chi connectivity index (χ0n) is 12.1. The van der Waals surface area contributed by atoms with E-state index in [1.165, 1.54) is 23.1 Å². The van der Waals surface area contributed by atoms with Crippen LogP contribution < -0.4 is 5.56 Å². The first-order valence-electron chi connectivity index (χ1n) is 6.86. The second-order valence-electron chi connectivity index (χ2n) is 4.94. The van der Waals surface area contributed by atoms with Gasteiger partial charge in [-0.15, -0.1) is 11.3 Å². The molecule has 0 spiro atoms. The Morgan fingerprint density at radius 2 is 2.13 bits per heavy atom. The van der Waals surface area contributed by atoms with Crippen LogP contribution in [0.25, 0.3) is 27.8 Å². The molecule has 1 aromatic carbocycles. The Kier molecular flexibility index (Phi) is 3.02. The fraction of sp³-hybridized carbons (Fsp3) is 0.0625. The summed E-state index contributed by atoms with van der Waals surface area (Å²) in [5.41, 5.74) is 2.14. The number of carbonyl (C=O) groups excluding carboxylic acids is 1. The normalized spacial score (nSPS) is 11.2. The Morgan fingerprint density at radius 3 is 2.96 bits per heavy atom. The van der Waals surface area contributed by atoms with Crippen molar-refractivity contribution < 1.29 is 9.53 Å². The average molecular weight is 325 g/mol. The molecule has 1 N–H and O–H groups in total. The number of para-hydroxylation sites is 1. The number of nitrogens with zero attached hydrogens (tertiary/aromatic N) is 2. The van der Waals surface area contributed by atoms with Gasteiger partial charge in [-0.25, -0.2) is 4.79 Å². The summed E-state index contributed by atoms with van der Waals surface area (Å²) in [5, 5.41) is 7.03. The Balaban J connectivity index is 2.03. The van der Waals surface area contributed by atoms with Crippen LogP contribution in [0.3, 0.4) is 0 Å². The van der Waals surface area contributed by atoms with Gasteiger partial charge in [0.25, 0.3) is 5.56 Å². The Morgan fingerprint density at radius 1 is 1.30 bits per heavy atom. The number of aromatic amines is 1. The fourth-order valence-corrected chi connectivity index (χ4v) is 3.37. The van der Waals surface area contributed by atoms with Crippen molar-refractivity contribution in [3.8, 4) is 16.9 Å². The zero-order chi connectivity index (χ0) is 16.0. The minimum absolute atomic E-state index is 0.273. The number of rotatable bonds is 2. The second kappa shape index (κ2) is 5.06. The van der Waals surface area contributed by atoms with E-state index < -0.39 is 5.97 Å². The van der Waals surface area contributed by atoms with Gasteiger partial charge < -0.3 is 9.72 Å². The smallest absolute Gasteiger partial charge is 0.350 e. The lowest BCUT2D eigenvalue weighted by molar-refractivity contribution is 0.0606. The number of methoxy groups -OCH3 is 1. The molecule has 2 aromatic rings. The van der Waals surface area contributed by atoms with Crippen LogP contribution in [0.4, 0.5) is 0 Å². The van der Waals surface area contributed by atoms with Crippen molar-refractivity contribution in [2.75, 3.05) is 7.11 Å². The number of thiophene rings is 1. The zero-order valence-corrected chi connectivity index (χ0v) is 12.9. The average Bonchev–Trinajstić information content (AvgIpc) is 3.19. The first-order chi connectivity index (χ1) is 11.2. The van der Waals surface area contributed by atoms with Crippen molar-refractivity contribution >= 4 is 28.2 Å². The van der Waals surface area contributed by atoms with E-state index in [1.54, 1.807) is 17.6 Å². The minimum Gasteiger partial charge on any atom is -0.465 e. The SMILES string of the molecule is COC(=O)c1sccc1-n1nc2c3ccccc3[nH]cc-2c1=O. The van der Waals surface area contributed by atoms with E-state index in [4.69, 9.17) is 4.74 Å². The number of hydrogen-bond donors (Lipinski definition) is 1. The molecule has 0 fully saturated rings. The van der Waals surface area contributed by atoms with E-state index in [9.17, 15) is 9.59 Å². The molecule has 0 amide bonds. The van der Waals surface area contributed by atoms with E-state index in [1.807, 2.05) is 24.3 Å². The maximum Gasteiger partial charge on any atom is 0.350 e. The number of benzene rings is 1. The molecular weight excluding hydrogens is 314 g/mol. The van der Waals surface area contributed by atoms with Crippen LogP contribution in [0, 0.1) is 0 Å². The number of fused-ring (bicyclic) bond motifs is 3. The molecule has 2 aliphatic heterocycles. The van der Waals surface area contributed by atoms with Crippen LogP contribution in [0.1, 0.15) is 9.67 Å². The van der Waals surface area contributed by atoms with Gasteiger partial charge in [0.15, 0.2) is 0 Å². The summed E-state index contributed by atoms with van der Waals surface area (Å²) in [6.45, 7) is 0. The maximum atomic E-state index is 12.7. The predicted octanol–water partition coefficient (Wildman–Crippen LogP) is 2.67. The first kappa shape index (κ1) is 13.7. The van der Waals surface area contributed by atoms with Gasteiger partial charge in [-0.05, 0) is 17.5 Å². The molecule has 3 heterocycles. The van der Waals surface area contributed by atoms with Crippen LogP contribution in [0.2, 0.25) is 0 Å². The molecule has 4 rings (SSSR count). The van der Waals surface area contributed by atoms with Gasteiger partial charge in [0.1, 0.15) is 10.6 Å². The van der Waals surface area contributed by atoms with Crippen LogP contribution in [0.5, 0.6) is 0 Å². The third kappa shape index (κ3) is 1.97. The van der Waals surface area contributed by atoms with Gasteiger partial charge in [-0.3, -0.25) is 4.79 Å². The number of pyridine rings is 1. The highest BCUT2D eigenvalue weighted by Gasteiger charge is 2.23. The molecule has 114 valence electrons. The molecule has 7 heteroatoms. The predicted molar refractivity (Wildman–Crippen MR) is 87.5 cm³/mol. The number of nitrogens with one attached hydrogen (secondary N) is 1. The highest BCUT2D eigenvalue weighted by atomic mass is 32.1. The highest BCUT2D eigenvalue weighted by Crippen LogP contribution is 2.27. The lowest BCUT2D eigenvalue weighted by Gasteiger charge is -2.01. The molecular formula is C16H11N3O3S. The number of ether oxygens (including phenoxy) is 1. The third-order valence-corrected chi connectivity index (χ3v) is 4.56. The summed E-state index contributed by atoms with van der Waals surface area (Å²) in [4.78, 5) is 28.0. The van der Waals surface area contributed by atoms with Crippen molar-refractivity contribution in [1.82, 2.24) is 14.8 Å². The number of hydrogen-bond acceptors (Lipinski definition) is 5. The van der Waals surface area contributed by atoms with Crippen molar-refractivity contribution in [3.63, 3.8) is 0 Å². The van der Waals surface area contributed by atoms with Crippen molar-refractivity contribution in [1.29, 1.82) is 0 Å². The third-order valence-electron chi connectivity index (χ3n) is 3.68. The molecule has 2 aliphatic rings. The van der Waals surface area contributed by atoms with E-state index in [0.717, 1.165) is 10.9 Å². The van der Waals surface area contributed by atoms with Gasteiger partial charge in [0, 0.05) is 17.1 Å². The van der Waals surface area contributed by atoms with E-state index in [-0.39, 0.29) is 5.56 Å². The summed E-state index contributed by atoms with van der Waals surface area (Å²) in [6.07, 6.45) is 1.65. The quantitative estimate of drug-likeness (QED) is 0.575. The maximum absolute atomic E-state index is 12.7. The van der Waals surface area contributed by atoms with Crippen LogP contribution in [0.15, 0.2) is 46.7 Å². The Hall–Kier alpha value is -2.93. The van der Waals surface area contributed by atoms with Crippen molar-refractivity contribution in [2.45, 2.75) is 0 Å². The van der Waals surface area contributed by atoms with E-state index in [0.29, 0.717) is 21.8 Å². The molecule has 0 saturated heterocycles. The van der Waals surface area contributed by atoms with Gasteiger partial charge >= 0.3 is 5.97 Å². The number of H-pyrrole nitrogens is 1. The molecule has 0 aliphatic carbocycles. The molecule has 1 aromatic heterocycles. The molecule has 0 saturated carbocycles. The standard InChI is InChI=1S/C16H11N3O3S/c1-22-16(21)14-12(6-7-23-14)19-15(20)10-8-17-11-5-3-2-4-9(11)13(10)18-19/h2-8,17H,1H3. The topological polar surface area (TPSA) is 77.0 Å². The molecule has 0 radical (unpaired) electrons. The Bertz CT molecular complexity index is 1060. The minimum atomic E-state index is -0.481. The highest BCUT2D eigenvalue weighted by molar-refractivity contribution is 7.12. The van der Waals surface area contributed by atoms with Gasteiger partial charge in [-0.2, -0.15) is 9.78 Å². The second-order valence-corrected chi connectivity index (χ2v) is 5.86. The summed E-state index contributed by atoms with van der Waals surface area (Å²) in [6, 6.07) is 9.32. The van der Waals surface area contributed by atoms with Gasteiger partial charge in [0.05, 0.1) is 18.4 Å². The molecule has 6 nitrogen and oxygen atoms in total. The Labute approximate surface area is 134 Å². The summed E-state index contributed by atoms with van der Waals surface area (Å²) < 4.78 is 6.02. The number of esters is 1. The van der Waals surface area contributed by atoms with Crippen molar-refractivity contribution in [3.05, 3.63) is 57.1 Å². The van der Waals surface area contributed by atoms with Crippen molar-refractivity contribution in [2.24, 2.45) is 0 Å². The lowest BCUT2D eigenvalue weighted by atomic mass is 10.1. The van der Waals surface area contributed by atoms with Crippen LogP contribution >= 0.6 is 11.3 Å². The lowest BCUT2D eigenvalue weighted by Crippen LogP contribution is -2.16. The molecule has 0 bridgehead atoms. The largest absolute Gasteiger partial charge is 0.465 e. The summed E-state index contributed by atoms with van der Waals surface area (Å²) >= 11 is 1.22. The monoisotopic (exact) mass is 325 g/mol. The van der Waals surface area contributed by atoms with Gasteiger partial charge in [0.2, 0.25) is 0 Å².